The molecule has 0 saturated heterocycles. The van der Waals surface area contributed by atoms with Crippen LogP contribution < -0.4 is 9.47 Å². The molecule has 158 valence electrons. The largest absolute Gasteiger partial charge is 0.476 e. The summed E-state index contributed by atoms with van der Waals surface area (Å²) in [6.45, 7) is 3.14. The number of benzene rings is 2. The fourth-order valence-electron chi connectivity index (χ4n) is 2.21. The fourth-order valence-corrected chi connectivity index (χ4v) is 3.42. The number of nitro benzene ring substituents is 1. The lowest BCUT2D eigenvalue weighted by Crippen LogP contribution is -2.05. The molecule has 0 saturated carbocycles. The third kappa shape index (κ3) is 6.35. The van der Waals surface area contributed by atoms with Gasteiger partial charge in [-0.2, -0.15) is 13.2 Å². The van der Waals surface area contributed by atoms with E-state index in [0.717, 1.165) is 24.3 Å². The van der Waals surface area contributed by atoms with E-state index in [9.17, 15) is 27.9 Å². The van der Waals surface area contributed by atoms with Crippen LogP contribution in [-0.2, 0) is 15.3 Å². The Morgan fingerprint density at radius 2 is 1.86 bits per heavy atom. The summed E-state index contributed by atoms with van der Waals surface area (Å²) in [5, 5.41) is 10.9. The van der Waals surface area contributed by atoms with E-state index < -0.39 is 36.1 Å². The zero-order chi connectivity index (χ0) is 21.8. The van der Waals surface area contributed by atoms with E-state index in [2.05, 4.69) is 0 Å². The van der Waals surface area contributed by atoms with Crippen molar-refractivity contribution in [1.29, 1.82) is 0 Å². The molecule has 2 aromatic rings. The highest BCUT2D eigenvalue weighted by molar-refractivity contribution is 7.57. The Balaban J connectivity index is 2.28. The number of ether oxygens (including phenoxy) is 2. The molecule has 0 spiro atoms. The SMILES string of the molecule is CCOP(C)(=O)COc1cc(Oc2ccc(C(F)(F)F)cc2Cl)ccc1[N+](=O)[O-]. The van der Waals surface area contributed by atoms with E-state index in [4.69, 9.17) is 25.6 Å². The molecule has 0 aliphatic heterocycles. The second-order valence-electron chi connectivity index (χ2n) is 5.84. The van der Waals surface area contributed by atoms with Crippen LogP contribution in [0.25, 0.3) is 0 Å². The Morgan fingerprint density at radius 1 is 1.17 bits per heavy atom. The molecule has 0 N–H and O–H groups in total. The van der Waals surface area contributed by atoms with Crippen molar-refractivity contribution in [3.63, 3.8) is 0 Å². The first kappa shape index (κ1) is 23.0. The van der Waals surface area contributed by atoms with Gasteiger partial charge in [-0.15, -0.1) is 0 Å². The maximum Gasteiger partial charge on any atom is 0.416 e. The van der Waals surface area contributed by atoms with Gasteiger partial charge in [0.2, 0.25) is 13.1 Å². The molecule has 29 heavy (non-hydrogen) atoms. The molecule has 7 nitrogen and oxygen atoms in total. The molecule has 1 unspecified atom stereocenters. The van der Waals surface area contributed by atoms with Gasteiger partial charge in [0.25, 0.3) is 0 Å². The number of rotatable bonds is 8. The molecule has 2 rings (SSSR count). The first-order valence-electron chi connectivity index (χ1n) is 8.10. The van der Waals surface area contributed by atoms with Gasteiger partial charge in [-0.05, 0) is 31.2 Å². The maximum absolute atomic E-state index is 12.7. The van der Waals surface area contributed by atoms with Crippen LogP contribution in [0.2, 0.25) is 5.02 Å². The van der Waals surface area contributed by atoms with Crippen LogP contribution in [0.4, 0.5) is 18.9 Å². The molecule has 0 amide bonds. The van der Waals surface area contributed by atoms with Gasteiger partial charge >= 0.3 is 11.9 Å². The lowest BCUT2D eigenvalue weighted by atomic mass is 10.2. The van der Waals surface area contributed by atoms with Crippen molar-refractivity contribution < 1.29 is 36.7 Å². The molecule has 0 aliphatic carbocycles. The summed E-state index contributed by atoms with van der Waals surface area (Å²) in [5.41, 5.74) is -1.36. The van der Waals surface area contributed by atoms with E-state index in [-0.39, 0.29) is 28.9 Å². The highest BCUT2D eigenvalue weighted by Crippen LogP contribution is 2.44. The van der Waals surface area contributed by atoms with Gasteiger partial charge in [0.15, 0.2) is 6.35 Å². The van der Waals surface area contributed by atoms with E-state index in [1.807, 2.05) is 0 Å². The molecule has 0 heterocycles. The van der Waals surface area contributed by atoms with Gasteiger partial charge < -0.3 is 14.0 Å². The predicted octanol–water partition coefficient (Wildman–Crippen LogP) is 6.34. The van der Waals surface area contributed by atoms with Crippen LogP contribution in [0, 0.1) is 10.1 Å². The number of halogens is 4. The summed E-state index contributed by atoms with van der Waals surface area (Å²) >= 11 is 5.84. The zero-order valence-corrected chi connectivity index (χ0v) is 16.9. The Kier molecular flexibility index (Phi) is 7.15. The Bertz CT molecular complexity index is 953. The van der Waals surface area contributed by atoms with Crippen molar-refractivity contribution in [3.8, 4) is 17.2 Å². The van der Waals surface area contributed by atoms with Crippen molar-refractivity contribution in [2.45, 2.75) is 13.1 Å². The molecule has 0 radical (unpaired) electrons. The van der Waals surface area contributed by atoms with Gasteiger partial charge in [0.1, 0.15) is 11.5 Å². The van der Waals surface area contributed by atoms with Gasteiger partial charge in [-0.1, -0.05) is 11.6 Å². The third-order valence-electron chi connectivity index (χ3n) is 3.47. The minimum absolute atomic E-state index is 0.0228. The van der Waals surface area contributed by atoms with Crippen LogP contribution >= 0.6 is 19.0 Å². The van der Waals surface area contributed by atoms with Crippen molar-refractivity contribution in [3.05, 3.63) is 57.1 Å². The standard InChI is InChI=1S/C17H16ClF3NO6P/c1-3-27-29(2,25)10-26-16-9-12(5-6-14(16)22(23)24)28-15-7-4-11(8-13(15)18)17(19,20)21/h4-9H,3,10H2,1-2H3. The maximum atomic E-state index is 12.7. The van der Waals surface area contributed by atoms with Gasteiger partial charge in [-0.25, -0.2) is 0 Å². The minimum Gasteiger partial charge on any atom is -0.476 e. The number of alkyl halides is 3. The average molecular weight is 454 g/mol. The number of hydrogen-bond acceptors (Lipinski definition) is 6. The molecule has 0 bridgehead atoms. The van der Waals surface area contributed by atoms with Crippen molar-refractivity contribution in [2.24, 2.45) is 0 Å². The van der Waals surface area contributed by atoms with Crippen molar-refractivity contribution >= 4 is 24.7 Å². The first-order valence-corrected chi connectivity index (χ1v) is 10.7. The van der Waals surface area contributed by atoms with Crippen molar-refractivity contribution in [1.82, 2.24) is 0 Å². The van der Waals surface area contributed by atoms with Crippen LogP contribution in [0.1, 0.15) is 12.5 Å². The second kappa shape index (κ2) is 9.02. The van der Waals surface area contributed by atoms with E-state index in [1.165, 1.54) is 12.7 Å². The van der Waals surface area contributed by atoms with Gasteiger partial charge in [-0.3, -0.25) is 14.7 Å². The topological polar surface area (TPSA) is 87.9 Å². The smallest absolute Gasteiger partial charge is 0.416 e. The van der Waals surface area contributed by atoms with E-state index in [0.29, 0.717) is 6.07 Å². The second-order valence-corrected chi connectivity index (χ2v) is 8.79. The summed E-state index contributed by atoms with van der Waals surface area (Å²) in [5.74, 6) is -0.304. The summed E-state index contributed by atoms with van der Waals surface area (Å²) < 4.78 is 66.1. The first-order chi connectivity index (χ1) is 13.4. The molecule has 1 atom stereocenters. The van der Waals surface area contributed by atoms with Crippen LogP contribution in [0.5, 0.6) is 17.2 Å². The minimum atomic E-state index is -4.56. The number of nitrogens with zero attached hydrogens (tertiary/aromatic N) is 1. The molecule has 0 aromatic heterocycles. The van der Waals surface area contributed by atoms with Crippen LogP contribution in [0.3, 0.4) is 0 Å². The van der Waals surface area contributed by atoms with Gasteiger partial charge in [0.05, 0.1) is 22.1 Å². The van der Waals surface area contributed by atoms with Gasteiger partial charge in [0, 0.05) is 18.8 Å². The molecular weight excluding hydrogens is 438 g/mol. The van der Waals surface area contributed by atoms with Crippen LogP contribution in [0.15, 0.2) is 36.4 Å². The lowest BCUT2D eigenvalue weighted by Gasteiger charge is -2.15. The Hall–Kier alpha value is -2.29. The summed E-state index contributed by atoms with van der Waals surface area (Å²) in [6.07, 6.45) is -4.97. The Labute approximate surface area is 168 Å². The summed E-state index contributed by atoms with van der Waals surface area (Å²) in [7, 11) is -3.13. The molecule has 12 heteroatoms. The predicted molar refractivity (Wildman–Crippen MR) is 100 cm³/mol. The average Bonchev–Trinajstić information content (AvgIpc) is 2.61. The molecular formula is C17H16ClF3NO6P. The van der Waals surface area contributed by atoms with Crippen LogP contribution in [-0.4, -0.2) is 24.5 Å². The highest BCUT2D eigenvalue weighted by atomic mass is 35.5. The fraction of sp³-hybridized carbons (Fsp3) is 0.294. The molecule has 0 fully saturated rings. The summed E-state index contributed by atoms with van der Waals surface area (Å²) in [6, 6.07) is 5.99. The zero-order valence-electron chi connectivity index (χ0n) is 15.2. The number of hydrogen-bond donors (Lipinski definition) is 0. The molecule has 2 aromatic carbocycles. The number of nitro groups is 1. The van der Waals surface area contributed by atoms with E-state index >= 15 is 0 Å². The van der Waals surface area contributed by atoms with E-state index in [1.54, 1.807) is 6.92 Å². The monoisotopic (exact) mass is 453 g/mol. The lowest BCUT2D eigenvalue weighted by molar-refractivity contribution is -0.385. The Morgan fingerprint density at radius 3 is 2.41 bits per heavy atom. The highest BCUT2D eigenvalue weighted by Gasteiger charge is 2.31. The van der Waals surface area contributed by atoms with Crippen molar-refractivity contribution in [2.75, 3.05) is 19.6 Å². The summed E-state index contributed by atoms with van der Waals surface area (Å²) in [4.78, 5) is 10.5. The third-order valence-corrected chi connectivity index (χ3v) is 5.17. The molecule has 0 aliphatic rings. The normalized spacial score (nSPS) is 13.6. The quantitative estimate of drug-likeness (QED) is 0.263.